The van der Waals surface area contributed by atoms with Gasteiger partial charge in [-0.15, -0.1) is 5.10 Å². The van der Waals surface area contributed by atoms with Gasteiger partial charge in [-0.3, -0.25) is 19.2 Å². The van der Waals surface area contributed by atoms with Gasteiger partial charge in [0.25, 0.3) is 5.79 Å². The number of benzene rings is 1. The molecule has 0 bridgehead atoms. The number of carboxylic acids is 2. The second-order valence-electron chi connectivity index (χ2n) is 22.6. The molecule has 97 heavy (non-hydrogen) atoms. The molecule has 1 aromatic carbocycles. The molecule has 35 heteroatoms. The highest BCUT2D eigenvalue weighted by atomic mass is 35.5. The molecule has 33 nitrogen and oxygen atoms in total. The number of carboxylic acid groups (broad SMARTS) is 2. The lowest BCUT2D eigenvalue weighted by atomic mass is 9.88. The summed E-state index contributed by atoms with van der Waals surface area (Å²) >= 11 is 7.83. The number of halogens is 1. The smallest absolute Gasteiger partial charge is 0.364 e. The fourth-order valence-corrected chi connectivity index (χ4v) is 11.7. The summed E-state index contributed by atoms with van der Waals surface area (Å²) in [5, 5.41) is 75.0. The summed E-state index contributed by atoms with van der Waals surface area (Å²) in [6.07, 6.45) is -1.92. The van der Waals surface area contributed by atoms with E-state index in [9.17, 15) is 49.2 Å². The van der Waals surface area contributed by atoms with E-state index in [2.05, 4.69) is 36.9 Å². The van der Waals surface area contributed by atoms with E-state index in [4.69, 9.17) is 83.0 Å². The van der Waals surface area contributed by atoms with Gasteiger partial charge >= 0.3 is 18.0 Å². The number of aromatic nitrogens is 3. The van der Waals surface area contributed by atoms with Crippen molar-refractivity contribution in [3.63, 3.8) is 0 Å². The van der Waals surface area contributed by atoms with Crippen molar-refractivity contribution in [1.29, 1.82) is 0 Å². The van der Waals surface area contributed by atoms with Crippen molar-refractivity contribution >= 4 is 59.1 Å². The number of amides is 5. The van der Waals surface area contributed by atoms with Gasteiger partial charge < -0.3 is 118 Å². The van der Waals surface area contributed by atoms with Crippen molar-refractivity contribution in [3.8, 4) is 0 Å². The van der Waals surface area contributed by atoms with Crippen LogP contribution in [-0.2, 0) is 110 Å². The summed E-state index contributed by atoms with van der Waals surface area (Å²) in [6, 6.07) is 5.44. The van der Waals surface area contributed by atoms with Crippen molar-refractivity contribution in [2.75, 3.05) is 177 Å². The molecule has 1 aromatic heterocycles. The van der Waals surface area contributed by atoms with Crippen molar-refractivity contribution in [3.05, 3.63) is 46.7 Å². The number of nitrogens with zero attached hydrogens (tertiary/aromatic N) is 3. The first-order chi connectivity index (χ1) is 47.2. The van der Waals surface area contributed by atoms with Gasteiger partial charge in [0, 0.05) is 48.4 Å². The normalized spacial score (nSPS) is 20.4. The average Bonchev–Trinajstić information content (AvgIpc) is 1.45. The molecule has 5 rings (SSSR count). The lowest BCUT2D eigenvalue weighted by molar-refractivity contribution is -0.314. The van der Waals surface area contributed by atoms with E-state index >= 15 is 0 Å². The highest BCUT2D eigenvalue weighted by Crippen LogP contribution is 2.36. The molecule has 2 aromatic rings. The Morgan fingerprint density at radius 3 is 1.76 bits per heavy atom. The molecule has 0 radical (unpaired) electrons. The molecule has 3 fully saturated rings. The number of carbonyl (C=O) groups is 6. The van der Waals surface area contributed by atoms with Crippen LogP contribution in [0.1, 0.15) is 69.0 Å². The Kier molecular flexibility index (Phi) is 42.8. The highest BCUT2D eigenvalue weighted by molar-refractivity contribution is 8.00. The number of unbranched alkanes of at least 4 members (excludes halogenated alkanes) is 3. The van der Waals surface area contributed by atoms with Gasteiger partial charge in [-0.05, 0) is 43.4 Å². The van der Waals surface area contributed by atoms with Gasteiger partial charge in [0.2, 0.25) is 17.7 Å². The minimum atomic E-state index is -2.52. The number of urea groups is 1. The maximum absolute atomic E-state index is 13.0. The van der Waals surface area contributed by atoms with Gasteiger partial charge in [-0.2, -0.15) is 11.8 Å². The summed E-state index contributed by atoms with van der Waals surface area (Å²) in [6.45, 7) is 7.50. The third-order valence-electron chi connectivity index (χ3n) is 15.1. The maximum Gasteiger partial charge on any atom is 0.364 e. The van der Waals surface area contributed by atoms with Crippen LogP contribution in [-0.4, -0.2) is 307 Å². The van der Waals surface area contributed by atoms with E-state index < -0.39 is 79.6 Å². The van der Waals surface area contributed by atoms with Crippen LogP contribution in [0, 0.1) is 0 Å². The summed E-state index contributed by atoms with van der Waals surface area (Å²) in [5.74, 6) is -5.64. The monoisotopic (exact) mass is 1420 g/mol. The molecule has 3 aliphatic heterocycles. The molecular formula is C62H101ClN8O25S. The number of aliphatic hydroxyl groups excluding tert-OH is 3. The van der Waals surface area contributed by atoms with Crippen molar-refractivity contribution in [1.82, 2.24) is 41.6 Å². The van der Waals surface area contributed by atoms with Crippen molar-refractivity contribution < 1.29 is 121 Å². The lowest BCUT2D eigenvalue weighted by Crippen LogP contribution is -2.68. The average molecular weight is 1430 g/mol. The van der Waals surface area contributed by atoms with E-state index in [0.29, 0.717) is 174 Å². The van der Waals surface area contributed by atoms with Crippen LogP contribution in [0.4, 0.5) is 4.79 Å². The first-order valence-corrected chi connectivity index (χ1v) is 34.4. The van der Waals surface area contributed by atoms with Crippen LogP contribution >= 0.6 is 23.4 Å². The van der Waals surface area contributed by atoms with Gasteiger partial charge in [0.05, 0.1) is 208 Å². The molecule has 9 atom stereocenters. The van der Waals surface area contributed by atoms with Crippen LogP contribution in [0.25, 0.3) is 0 Å². The van der Waals surface area contributed by atoms with Gasteiger partial charge in [0.15, 0.2) is 0 Å². The number of rotatable bonds is 60. The largest absolute Gasteiger partial charge is 0.481 e. The fourth-order valence-electron chi connectivity index (χ4n) is 10.1. The zero-order valence-electron chi connectivity index (χ0n) is 55.1. The van der Waals surface area contributed by atoms with E-state index in [1.807, 2.05) is 11.8 Å². The Hall–Kier alpha value is -5.06. The van der Waals surface area contributed by atoms with Crippen LogP contribution in [0.3, 0.4) is 0 Å². The quantitative estimate of drug-likeness (QED) is 0.0298. The van der Waals surface area contributed by atoms with Crippen LogP contribution < -0.4 is 26.6 Å². The van der Waals surface area contributed by atoms with E-state index in [1.165, 1.54) is 4.68 Å². The summed E-state index contributed by atoms with van der Waals surface area (Å²) < 4.78 is 80.5. The minimum absolute atomic E-state index is 0.0217. The molecule has 10 N–H and O–H groups in total. The summed E-state index contributed by atoms with van der Waals surface area (Å²) in [7, 11) is 0. The first kappa shape index (κ1) is 82.6. The SMILES string of the molecule is O=C(O)CCCCCO[C@]1(C(=O)O)C[C@H](OCc2cn(CCOCCOCCOCCOCCOCCOCCOCCOCCOCCOCCOCCNC(=O)CCCC[C@@H]3SC[C@@H]4NC(=O)N[C@@H]43)nn2)[C@@H](NC(=O)CO)[C@H]([C@H](O)[C@H](O)CNC(=O)Cc2ccc(Cl)cc2)O1. The van der Waals surface area contributed by atoms with Crippen molar-refractivity contribution in [2.45, 2.75) is 131 Å². The van der Waals surface area contributed by atoms with E-state index in [-0.39, 0.29) is 82.0 Å². The Morgan fingerprint density at radius 1 is 0.670 bits per heavy atom. The number of thioether (sulfide) groups is 1. The third kappa shape index (κ3) is 35.2. The van der Waals surface area contributed by atoms with Crippen molar-refractivity contribution in [2.24, 2.45) is 0 Å². The second kappa shape index (κ2) is 50.3. The van der Waals surface area contributed by atoms with Crippen LogP contribution in [0.15, 0.2) is 30.5 Å². The number of hydrogen-bond donors (Lipinski definition) is 10. The predicted octanol–water partition coefficient (Wildman–Crippen LogP) is -0.370. The molecule has 0 spiro atoms. The Morgan fingerprint density at radius 2 is 1.22 bits per heavy atom. The number of ether oxygens (including phenoxy) is 14. The Balaban J connectivity index is 0.797. The van der Waals surface area contributed by atoms with E-state index in [1.54, 1.807) is 30.5 Å². The number of hydrogen-bond acceptors (Lipinski definition) is 26. The Bertz CT molecular complexity index is 2510. The standard InChI is InChI=1S/C62H101ClN8O25S/c63-46-11-9-45(10-12-46)38-53(75)65-40-49(73)58(79)59-57(67-54(76)42-72)50(39-62(96-59,60(80)81)95-15-5-1-2-8-55(77)78)94-43-47-41-71(70-69-47)14-17-84-19-21-86-23-25-88-27-29-90-31-33-92-35-37-93-36-34-91-32-30-89-28-26-87-24-22-85-20-18-83-16-13-64-52(74)7-4-3-6-51-56-48(44-97-51)66-61(82)68-56/h9-12,41,48-51,56-59,72-73,79H,1-8,13-40,42-44H2,(H,64,74)(H,65,75)(H,67,76)(H,77,78)(H,80,81)(H2,66,68,82)/t48-,49+,50-,51-,56-,57+,58+,59+,62+/m0/s1. The molecule has 3 saturated heterocycles. The summed E-state index contributed by atoms with van der Waals surface area (Å²) in [4.78, 5) is 73.2. The third-order valence-corrected chi connectivity index (χ3v) is 16.9. The molecule has 5 amide bonds. The van der Waals surface area contributed by atoms with Gasteiger partial charge in [0.1, 0.15) is 24.5 Å². The molecule has 3 aliphatic rings. The highest BCUT2D eigenvalue weighted by Gasteiger charge is 2.57. The zero-order chi connectivity index (χ0) is 69.6. The molecule has 0 aliphatic carbocycles. The fraction of sp³-hybridized carbons (Fsp3) is 0.774. The Labute approximate surface area is 574 Å². The second-order valence-corrected chi connectivity index (χ2v) is 24.3. The first-order valence-electron chi connectivity index (χ1n) is 33.0. The number of aliphatic carboxylic acids is 2. The lowest BCUT2D eigenvalue weighted by Gasteiger charge is -2.47. The number of carbonyl (C=O) groups excluding carboxylic acids is 4. The molecule has 0 unspecified atom stereocenters. The topological polar surface area (TPSA) is 424 Å². The molecule has 4 heterocycles. The summed E-state index contributed by atoms with van der Waals surface area (Å²) in [5.41, 5.74) is 0.902. The van der Waals surface area contributed by atoms with Crippen LogP contribution in [0.2, 0.25) is 5.02 Å². The number of nitrogens with one attached hydrogen (secondary N) is 5. The van der Waals surface area contributed by atoms with Gasteiger partial charge in [-0.25, -0.2) is 14.3 Å². The molecular weight excluding hydrogens is 1320 g/mol. The minimum Gasteiger partial charge on any atom is -0.481 e. The predicted molar refractivity (Wildman–Crippen MR) is 346 cm³/mol. The maximum atomic E-state index is 13.0. The van der Waals surface area contributed by atoms with E-state index in [0.717, 1.165) is 25.0 Å². The number of fused-ring (bicyclic) bond motifs is 1. The van der Waals surface area contributed by atoms with Gasteiger partial charge in [-0.1, -0.05) is 41.8 Å². The molecule has 0 saturated carbocycles. The zero-order valence-corrected chi connectivity index (χ0v) is 56.7. The molecule has 552 valence electrons. The van der Waals surface area contributed by atoms with Crippen LogP contribution in [0.5, 0.6) is 0 Å². The number of aliphatic hydroxyl groups is 3.